The Morgan fingerprint density at radius 3 is 2.26 bits per heavy atom. The number of aliphatic hydroxyl groups is 1. The molecule has 3 amide bonds. The number of benzene rings is 1. The van der Waals surface area contributed by atoms with Crippen molar-refractivity contribution in [3.05, 3.63) is 49.6 Å². The van der Waals surface area contributed by atoms with E-state index in [1.54, 1.807) is 28.9 Å². The average molecular weight is 638 g/mol. The highest BCUT2D eigenvalue weighted by Gasteiger charge is 2.80. The zero-order valence-electron chi connectivity index (χ0n) is 29.3. The smallest absolute Gasteiger partial charge is 0.249 e. The van der Waals surface area contributed by atoms with Crippen molar-refractivity contribution < 1.29 is 29.0 Å². The summed E-state index contributed by atoms with van der Waals surface area (Å²) in [4.78, 5) is 49.4. The van der Waals surface area contributed by atoms with Crippen molar-refractivity contribution in [3.8, 4) is 5.75 Å². The van der Waals surface area contributed by atoms with Gasteiger partial charge in [-0.1, -0.05) is 39.8 Å². The highest BCUT2D eigenvalue weighted by molar-refractivity contribution is 6.03. The Kier molecular flexibility index (Phi) is 9.92. The van der Waals surface area contributed by atoms with Gasteiger partial charge in [0.1, 0.15) is 17.4 Å². The van der Waals surface area contributed by atoms with Crippen LogP contribution in [0.15, 0.2) is 49.6 Å². The molecule has 3 fully saturated rings. The number of fused-ring (bicyclic) bond motifs is 1. The second kappa shape index (κ2) is 12.8. The van der Waals surface area contributed by atoms with Gasteiger partial charge in [0.05, 0.1) is 36.7 Å². The molecule has 9 heteroatoms. The number of anilines is 1. The number of carbonyl (C=O) groups is 3. The number of hydrogen-bond acceptors (Lipinski definition) is 6. The van der Waals surface area contributed by atoms with Crippen LogP contribution in [0.4, 0.5) is 5.69 Å². The Morgan fingerprint density at radius 1 is 1.13 bits per heavy atom. The predicted molar refractivity (Wildman–Crippen MR) is 180 cm³/mol. The van der Waals surface area contributed by atoms with Crippen LogP contribution in [0.3, 0.4) is 0 Å². The number of nitrogens with zero attached hydrogens (tertiary/aromatic N) is 3. The molecule has 1 aromatic carbocycles. The number of rotatable bonds is 13. The Hall–Kier alpha value is -3.17. The summed E-state index contributed by atoms with van der Waals surface area (Å²) in [6, 6.07) is 5.63. The molecular formula is C37H55N3O6. The van der Waals surface area contributed by atoms with Gasteiger partial charge in [-0.05, 0) is 83.1 Å². The maximum Gasteiger partial charge on any atom is 0.249 e. The molecule has 1 aromatic rings. The van der Waals surface area contributed by atoms with Crippen molar-refractivity contribution in [1.82, 2.24) is 9.80 Å². The fraction of sp³-hybridized carbons (Fsp3) is 0.649. The molecule has 46 heavy (non-hydrogen) atoms. The molecular weight excluding hydrogens is 582 g/mol. The summed E-state index contributed by atoms with van der Waals surface area (Å²) in [5, 5.41) is 10.4. The van der Waals surface area contributed by atoms with E-state index in [0.29, 0.717) is 30.9 Å². The number of hydrogen-bond donors (Lipinski definition) is 1. The first-order chi connectivity index (χ1) is 21.4. The molecule has 9 nitrogen and oxygen atoms in total. The molecule has 3 heterocycles. The van der Waals surface area contributed by atoms with Crippen LogP contribution in [0.25, 0.3) is 0 Å². The van der Waals surface area contributed by atoms with Gasteiger partial charge >= 0.3 is 0 Å². The first-order valence-electron chi connectivity index (χ1n) is 16.6. The first kappa shape index (κ1) is 35.7. The van der Waals surface area contributed by atoms with Gasteiger partial charge < -0.3 is 29.3 Å². The summed E-state index contributed by atoms with van der Waals surface area (Å²) in [6.07, 6.45) is 4.53. The Morgan fingerprint density at radius 2 is 1.74 bits per heavy atom. The number of ether oxygens (including phenoxy) is 2. The molecule has 0 saturated carbocycles. The summed E-state index contributed by atoms with van der Waals surface area (Å²) in [7, 11) is 0. The highest BCUT2D eigenvalue weighted by Crippen LogP contribution is 2.66. The van der Waals surface area contributed by atoms with E-state index in [1.165, 1.54) is 4.90 Å². The zero-order valence-corrected chi connectivity index (χ0v) is 29.3. The summed E-state index contributed by atoms with van der Waals surface area (Å²) < 4.78 is 12.6. The second-order valence-electron chi connectivity index (χ2n) is 15.4. The quantitative estimate of drug-likeness (QED) is 0.298. The molecule has 1 spiro atoms. The van der Waals surface area contributed by atoms with Crippen molar-refractivity contribution >= 4 is 23.4 Å². The minimum atomic E-state index is -1.23. The second-order valence-corrected chi connectivity index (χ2v) is 15.4. The van der Waals surface area contributed by atoms with E-state index in [-0.39, 0.29) is 48.8 Å². The van der Waals surface area contributed by atoms with E-state index in [4.69, 9.17) is 9.47 Å². The lowest BCUT2D eigenvalue weighted by atomic mass is 9.62. The molecule has 0 radical (unpaired) electrons. The van der Waals surface area contributed by atoms with Gasteiger partial charge in [0, 0.05) is 24.3 Å². The minimum absolute atomic E-state index is 0.0785. The molecule has 3 aliphatic rings. The van der Waals surface area contributed by atoms with Crippen LogP contribution in [0.1, 0.15) is 75.2 Å². The van der Waals surface area contributed by atoms with Gasteiger partial charge in [0.2, 0.25) is 17.7 Å². The van der Waals surface area contributed by atoms with E-state index in [9.17, 15) is 14.7 Å². The highest BCUT2D eigenvalue weighted by atomic mass is 16.5. The largest absolute Gasteiger partial charge is 0.494 e. The molecule has 0 aliphatic carbocycles. The fourth-order valence-electron chi connectivity index (χ4n) is 8.71. The lowest BCUT2D eigenvalue weighted by molar-refractivity contribution is -0.159. The topological polar surface area (TPSA) is 99.6 Å². The number of likely N-dealkylation sites (tertiary alicyclic amines) is 1. The van der Waals surface area contributed by atoms with Crippen LogP contribution in [0.5, 0.6) is 5.75 Å². The third-order valence-electron chi connectivity index (χ3n) is 10.3. The molecule has 3 aliphatic heterocycles. The maximum absolute atomic E-state index is 15.0. The fourth-order valence-corrected chi connectivity index (χ4v) is 8.71. The number of amides is 3. The van der Waals surface area contributed by atoms with E-state index in [1.807, 2.05) is 58.9 Å². The molecule has 1 N–H and O–H groups in total. The van der Waals surface area contributed by atoms with Gasteiger partial charge in [0.15, 0.2) is 0 Å². The predicted octanol–water partition coefficient (Wildman–Crippen LogP) is 5.23. The van der Waals surface area contributed by atoms with Gasteiger partial charge in [0.25, 0.3) is 0 Å². The average Bonchev–Trinajstić information content (AvgIpc) is 3.49. The van der Waals surface area contributed by atoms with Crippen LogP contribution in [-0.2, 0) is 19.1 Å². The molecule has 2 bridgehead atoms. The van der Waals surface area contributed by atoms with Crippen molar-refractivity contribution in [3.63, 3.8) is 0 Å². The Bertz CT molecular complexity index is 1340. The van der Waals surface area contributed by atoms with Crippen LogP contribution in [0.2, 0.25) is 0 Å². The van der Waals surface area contributed by atoms with Crippen molar-refractivity contribution in [2.45, 2.75) is 104 Å². The Labute approximate surface area is 275 Å². The number of aliphatic hydroxyl groups excluding tert-OH is 1. The standard InChI is InChI=1S/C37H55N3O6/c1-12-19-38(26-15-17-27(18-16-26)45-14-3)31(42)28-29-32(43)40(25(5)22-41)30(37(29)21-24(4)36(28,11)46-37)33(44)39(20-13-2)35(9,10)23-34(6,7)8/h12-13,15-18,24-25,28-30,41H,1-2,14,19-23H2,3-11H3/t24?,25-,28-,29+,30?,36+,37?/m1/s1. The van der Waals surface area contributed by atoms with Crippen LogP contribution < -0.4 is 9.64 Å². The summed E-state index contributed by atoms with van der Waals surface area (Å²) in [6.45, 7) is 26.7. The van der Waals surface area contributed by atoms with Crippen molar-refractivity contribution in [2.24, 2.45) is 23.2 Å². The minimum Gasteiger partial charge on any atom is -0.494 e. The third-order valence-corrected chi connectivity index (χ3v) is 10.3. The monoisotopic (exact) mass is 637 g/mol. The van der Waals surface area contributed by atoms with Gasteiger partial charge in [-0.2, -0.15) is 0 Å². The van der Waals surface area contributed by atoms with Crippen molar-refractivity contribution in [2.75, 3.05) is 31.2 Å². The molecule has 7 atom stereocenters. The zero-order chi connectivity index (χ0) is 34.4. The van der Waals surface area contributed by atoms with E-state index >= 15 is 4.79 Å². The van der Waals surface area contributed by atoms with Gasteiger partial charge in [-0.25, -0.2) is 0 Å². The van der Waals surface area contributed by atoms with E-state index in [2.05, 4.69) is 33.9 Å². The lowest BCUT2D eigenvalue weighted by Gasteiger charge is -2.46. The Balaban J connectivity index is 1.84. The molecule has 3 saturated heterocycles. The molecule has 4 rings (SSSR count). The van der Waals surface area contributed by atoms with Crippen LogP contribution >= 0.6 is 0 Å². The van der Waals surface area contributed by atoms with E-state index < -0.39 is 40.7 Å². The van der Waals surface area contributed by atoms with E-state index in [0.717, 1.165) is 0 Å². The molecule has 3 unspecified atom stereocenters. The van der Waals surface area contributed by atoms with Crippen LogP contribution in [0, 0.1) is 23.2 Å². The lowest BCUT2D eigenvalue weighted by Crippen LogP contribution is -2.62. The maximum atomic E-state index is 15.0. The third kappa shape index (κ3) is 5.89. The van der Waals surface area contributed by atoms with Crippen molar-refractivity contribution in [1.29, 1.82) is 0 Å². The SMILES string of the molecule is C=CCN(C(=O)[C@H]1[C@H]2C(=O)N([C@H](C)CO)C(C(=O)N(CC=C)C(C)(C)CC(C)(C)C)C23CC(C)[C@]1(C)O3)c1ccc(OCC)cc1. The molecule has 254 valence electrons. The van der Waals surface area contributed by atoms with Gasteiger partial charge in [-0.15, -0.1) is 13.2 Å². The van der Waals surface area contributed by atoms with Crippen LogP contribution in [-0.4, -0.2) is 87.8 Å². The number of carbonyl (C=O) groups excluding carboxylic acids is 3. The first-order valence-corrected chi connectivity index (χ1v) is 16.6. The summed E-state index contributed by atoms with van der Waals surface area (Å²) in [5.74, 6) is -1.99. The van der Waals surface area contributed by atoms with Gasteiger partial charge in [-0.3, -0.25) is 14.4 Å². The summed E-state index contributed by atoms with van der Waals surface area (Å²) in [5.41, 5.74) is -2.22. The molecule has 0 aromatic heterocycles. The summed E-state index contributed by atoms with van der Waals surface area (Å²) >= 11 is 0. The normalized spacial score (nSPS) is 29.3.